The Morgan fingerprint density at radius 2 is 0.660 bits per heavy atom. The summed E-state index contributed by atoms with van der Waals surface area (Å²) in [5, 5.41) is 74.3. The maximum Gasteiger partial charge on any atom is 0.317 e. The minimum absolute atomic E-state index is 0.0157. The smallest absolute Gasteiger partial charge is 0.317 e. The fourth-order valence-corrected chi connectivity index (χ4v) is 28.5. The zero-order chi connectivity index (χ0) is 35.4. The fourth-order valence-electron chi connectivity index (χ4n) is 5.30. The highest BCUT2D eigenvalue weighted by Gasteiger charge is 2.56. The van der Waals surface area contributed by atoms with Crippen LogP contribution in [0.4, 0.5) is 0 Å². The standard InChI is InChI=1S/C27H62O16Si4/c1-44(13-5-9-36-20-24(31)17-28)40-45(2,14-6-10-37-21-25(32)18-29)42-47(4,16-8-12-39-23-27(34)35)43-46(3,41-44)15-7-11-38-22-26(33)19-30/h24-35H,5-23H2,1-4H3. The van der Waals surface area contributed by atoms with E-state index in [2.05, 4.69) is 0 Å². The summed E-state index contributed by atoms with van der Waals surface area (Å²) in [6.45, 7) is 7.96. The summed E-state index contributed by atoms with van der Waals surface area (Å²) >= 11 is 0. The van der Waals surface area contributed by atoms with Crippen LogP contribution >= 0.6 is 0 Å². The van der Waals surface area contributed by atoms with Crippen molar-refractivity contribution in [3.05, 3.63) is 0 Å². The predicted molar refractivity (Wildman–Crippen MR) is 179 cm³/mol. The molecule has 1 fully saturated rings. The van der Waals surface area contributed by atoms with Crippen LogP contribution < -0.4 is 0 Å². The van der Waals surface area contributed by atoms with Crippen LogP contribution in [0, 0.1) is 0 Å². The van der Waals surface area contributed by atoms with Gasteiger partial charge in [-0.2, -0.15) is 0 Å². The summed E-state index contributed by atoms with van der Waals surface area (Å²) in [5.41, 5.74) is 0. The molecule has 0 aromatic heterocycles. The van der Waals surface area contributed by atoms with Crippen molar-refractivity contribution < 1.29 is 76.3 Å². The van der Waals surface area contributed by atoms with Crippen molar-refractivity contribution in [2.75, 3.05) is 72.7 Å². The van der Waals surface area contributed by atoms with Gasteiger partial charge < -0.3 is 76.3 Å². The van der Waals surface area contributed by atoms with Crippen LogP contribution in [0.2, 0.25) is 50.4 Å². The molecule has 20 heteroatoms. The summed E-state index contributed by atoms with van der Waals surface area (Å²) in [7, 11) is -11.9. The molecule has 1 aliphatic heterocycles. The lowest BCUT2D eigenvalue weighted by Gasteiger charge is -2.50. The van der Waals surface area contributed by atoms with E-state index in [0.29, 0.717) is 69.7 Å². The second-order valence-electron chi connectivity index (χ2n) is 12.6. The van der Waals surface area contributed by atoms with Crippen LogP contribution in [-0.4, -0.2) is 172 Å². The van der Waals surface area contributed by atoms with E-state index in [1.54, 1.807) is 0 Å². The molecule has 5 unspecified atom stereocenters. The van der Waals surface area contributed by atoms with Crippen molar-refractivity contribution in [2.24, 2.45) is 0 Å². The average Bonchev–Trinajstić information content (AvgIpc) is 2.98. The molecule has 5 atom stereocenters. The lowest BCUT2D eigenvalue weighted by Crippen LogP contribution is -2.67. The van der Waals surface area contributed by atoms with Crippen molar-refractivity contribution in [1.29, 1.82) is 0 Å². The second-order valence-corrected chi connectivity index (χ2v) is 27.0. The molecule has 1 rings (SSSR count). The Balaban J connectivity index is 3.18. The van der Waals surface area contributed by atoms with Crippen molar-refractivity contribution >= 4 is 34.2 Å². The molecule has 0 amide bonds. The zero-order valence-electron chi connectivity index (χ0n) is 28.6. The summed E-state index contributed by atoms with van der Waals surface area (Å²) in [4.78, 5) is 0. The maximum absolute atomic E-state index is 9.62. The van der Waals surface area contributed by atoms with Gasteiger partial charge in [0, 0.05) is 26.4 Å². The molecule has 282 valence electrons. The minimum atomic E-state index is -2.99. The predicted octanol–water partition coefficient (Wildman–Crippen LogP) is -0.648. The molecule has 0 saturated carbocycles. The number of rotatable bonds is 27. The van der Waals surface area contributed by atoms with E-state index in [1.165, 1.54) is 0 Å². The Morgan fingerprint density at radius 3 is 0.872 bits per heavy atom. The first-order valence-electron chi connectivity index (χ1n) is 16.5. The molecule has 8 N–H and O–H groups in total. The molecule has 0 radical (unpaired) electrons. The van der Waals surface area contributed by atoms with Crippen molar-refractivity contribution in [3.63, 3.8) is 0 Å². The van der Waals surface area contributed by atoms with Gasteiger partial charge in [0.25, 0.3) is 0 Å². The zero-order valence-corrected chi connectivity index (χ0v) is 32.6. The lowest BCUT2D eigenvalue weighted by molar-refractivity contribution is -0.0945. The van der Waals surface area contributed by atoms with Gasteiger partial charge in [0.2, 0.25) is 0 Å². The average molecular weight is 755 g/mol. The van der Waals surface area contributed by atoms with Crippen LogP contribution in [0.5, 0.6) is 0 Å². The van der Waals surface area contributed by atoms with Gasteiger partial charge in [-0.15, -0.1) is 0 Å². The minimum Gasteiger partial charge on any atom is -0.416 e. The summed E-state index contributed by atoms with van der Waals surface area (Å²) < 4.78 is 50.1. The highest BCUT2D eigenvalue weighted by atomic mass is 28.5. The number of aliphatic hydroxyl groups excluding tert-OH is 7. The van der Waals surface area contributed by atoms with E-state index < -0.39 is 58.8 Å². The van der Waals surface area contributed by atoms with Gasteiger partial charge in [-0.25, -0.2) is 0 Å². The molecule has 1 aliphatic rings. The SMILES string of the molecule is C[Si]1(CCCOCC(O)O)O[Si](C)(CCCOCC(O)CO)O[Si](C)(CCCOCC(O)CO)O[Si](C)(CCCOCC(O)CO)O1. The van der Waals surface area contributed by atoms with Gasteiger partial charge >= 0.3 is 34.2 Å². The van der Waals surface area contributed by atoms with Crippen LogP contribution in [0.1, 0.15) is 25.7 Å². The van der Waals surface area contributed by atoms with Gasteiger partial charge in [0.15, 0.2) is 6.29 Å². The van der Waals surface area contributed by atoms with E-state index in [-0.39, 0.29) is 52.9 Å². The van der Waals surface area contributed by atoms with Gasteiger partial charge in [-0.3, -0.25) is 0 Å². The van der Waals surface area contributed by atoms with Crippen molar-refractivity contribution in [3.8, 4) is 0 Å². The van der Waals surface area contributed by atoms with Crippen LogP contribution in [0.3, 0.4) is 0 Å². The second kappa shape index (κ2) is 23.7. The maximum atomic E-state index is 9.62. The third-order valence-corrected chi connectivity index (χ3v) is 26.1. The van der Waals surface area contributed by atoms with E-state index >= 15 is 0 Å². The number of ether oxygens (including phenoxy) is 4. The van der Waals surface area contributed by atoms with Crippen molar-refractivity contribution in [2.45, 2.75) is 101 Å². The van der Waals surface area contributed by atoms with E-state index in [0.717, 1.165) is 0 Å². The summed E-state index contributed by atoms with van der Waals surface area (Å²) in [5.74, 6) is 0. The van der Waals surface area contributed by atoms with E-state index in [9.17, 15) is 15.3 Å². The third-order valence-electron chi connectivity index (χ3n) is 7.24. The third kappa shape index (κ3) is 20.6. The quantitative estimate of drug-likeness (QED) is 0.0296. The Morgan fingerprint density at radius 1 is 0.426 bits per heavy atom. The molecule has 0 bridgehead atoms. The Kier molecular flexibility index (Phi) is 22.8. The highest BCUT2D eigenvalue weighted by molar-refractivity contribution is 6.93. The molecule has 16 nitrogen and oxygen atoms in total. The molecule has 47 heavy (non-hydrogen) atoms. The molecule has 0 aromatic rings. The van der Waals surface area contributed by atoms with E-state index in [1.807, 2.05) is 26.2 Å². The molecule has 1 heterocycles. The molecule has 1 saturated heterocycles. The monoisotopic (exact) mass is 754 g/mol. The van der Waals surface area contributed by atoms with E-state index in [4.69, 9.17) is 60.9 Å². The summed E-state index contributed by atoms with van der Waals surface area (Å²) in [6, 6.07) is 2.23. The highest BCUT2D eigenvalue weighted by Crippen LogP contribution is 2.38. The molecule has 0 spiro atoms. The largest absolute Gasteiger partial charge is 0.416 e. The molecule has 0 aliphatic carbocycles. The normalized spacial score (nSPS) is 29.0. The topological polar surface area (TPSA) is 236 Å². The Labute approximate surface area is 283 Å². The molecule has 0 aromatic carbocycles. The van der Waals surface area contributed by atoms with Gasteiger partial charge in [-0.05, 0) is 76.0 Å². The first-order chi connectivity index (χ1) is 22.1. The first kappa shape index (κ1) is 45.2. The van der Waals surface area contributed by atoms with Crippen LogP contribution in [0.15, 0.2) is 0 Å². The fraction of sp³-hybridized carbons (Fsp3) is 1.00. The molecular weight excluding hydrogens is 693 g/mol. The Hall–Kier alpha value is 0.228. The summed E-state index contributed by atoms with van der Waals surface area (Å²) in [6.07, 6.45) is -2.10. The molecular formula is C27H62O16Si4. The van der Waals surface area contributed by atoms with Crippen LogP contribution in [0.25, 0.3) is 0 Å². The lowest BCUT2D eigenvalue weighted by atomic mass is 10.4. The number of aliphatic hydroxyl groups is 8. The number of hydrogen-bond donors (Lipinski definition) is 8. The van der Waals surface area contributed by atoms with Gasteiger partial charge in [0.05, 0.1) is 46.2 Å². The number of hydrogen-bond acceptors (Lipinski definition) is 16. The van der Waals surface area contributed by atoms with Crippen molar-refractivity contribution in [1.82, 2.24) is 0 Å². The van der Waals surface area contributed by atoms with Gasteiger partial charge in [0.1, 0.15) is 18.3 Å². The Bertz CT molecular complexity index is 770. The van der Waals surface area contributed by atoms with Gasteiger partial charge in [-0.1, -0.05) is 0 Å². The first-order valence-corrected chi connectivity index (χ1v) is 26.5. The van der Waals surface area contributed by atoms with Crippen LogP contribution in [-0.2, 0) is 35.4 Å².